The van der Waals surface area contributed by atoms with Crippen molar-refractivity contribution in [3.8, 4) is 44.5 Å². The molecule has 0 saturated carbocycles. The molecular formula is C52H37N. The summed E-state index contributed by atoms with van der Waals surface area (Å²) in [6.07, 6.45) is 0. The van der Waals surface area contributed by atoms with Crippen LogP contribution in [0.4, 0.5) is 17.1 Å². The SMILES string of the molecule is [2H]c1c([2H])c(N(c2ccc3c(c2)C(C)(C)c2ccccc2-3)c2cccc3c2-c2ccccc2C32c3ccccc3-c3ccccc32)c([2H])c([2H])c1-c1ccccc1. The minimum absolute atomic E-state index is 0.0702. The molecule has 0 aromatic heterocycles. The Morgan fingerprint density at radius 3 is 1.57 bits per heavy atom. The second-order valence-corrected chi connectivity index (χ2v) is 14.9. The molecule has 0 aliphatic heterocycles. The van der Waals surface area contributed by atoms with Crippen molar-refractivity contribution < 1.29 is 5.48 Å². The van der Waals surface area contributed by atoms with Crippen LogP contribution >= 0.6 is 0 Å². The zero-order valence-corrected chi connectivity index (χ0v) is 29.5. The van der Waals surface area contributed by atoms with E-state index in [1.807, 2.05) is 35.2 Å². The van der Waals surface area contributed by atoms with Gasteiger partial charge in [-0.25, -0.2) is 0 Å². The van der Waals surface area contributed by atoms with Gasteiger partial charge in [0.15, 0.2) is 0 Å². The van der Waals surface area contributed by atoms with Crippen LogP contribution in [-0.2, 0) is 10.8 Å². The van der Waals surface area contributed by atoms with Crippen molar-refractivity contribution in [3.05, 3.63) is 221 Å². The Bertz CT molecular complexity index is 2930. The summed E-state index contributed by atoms with van der Waals surface area (Å²) in [7, 11) is 0. The fourth-order valence-electron chi connectivity index (χ4n) is 9.70. The first-order chi connectivity index (χ1) is 27.7. The van der Waals surface area contributed by atoms with Crippen LogP contribution in [0.5, 0.6) is 0 Å². The fraction of sp³-hybridized carbons (Fsp3) is 0.0769. The van der Waals surface area contributed by atoms with Crippen molar-refractivity contribution in [1.82, 2.24) is 0 Å². The molecule has 11 rings (SSSR count). The molecule has 0 radical (unpaired) electrons. The monoisotopic (exact) mass is 679 g/mol. The summed E-state index contributed by atoms with van der Waals surface area (Å²) in [6, 6.07) is 56.6. The van der Waals surface area contributed by atoms with Gasteiger partial charge in [-0.1, -0.05) is 172 Å². The van der Waals surface area contributed by atoms with Gasteiger partial charge in [-0.05, 0) is 103 Å². The minimum Gasteiger partial charge on any atom is -0.310 e. The van der Waals surface area contributed by atoms with Crippen LogP contribution in [-0.4, -0.2) is 0 Å². The molecule has 3 aliphatic rings. The summed E-state index contributed by atoms with van der Waals surface area (Å²) in [5.41, 5.74) is 16.0. The summed E-state index contributed by atoms with van der Waals surface area (Å²) in [5, 5.41) is 0. The number of rotatable bonds is 4. The average molecular weight is 680 g/mol. The maximum absolute atomic E-state index is 9.75. The highest BCUT2D eigenvalue weighted by atomic mass is 15.1. The number of nitrogens with zero attached hydrogens (tertiary/aromatic N) is 1. The number of hydrogen-bond acceptors (Lipinski definition) is 1. The van der Waals surface area contributed by atoms with E-state index < -0.39 is 5.41 Å². The van der Waals surface area contributed by atoms with Crippen LogP contribution in [0.25, 0.3) is 44.5 Å². The second-order valence-electron chi connectivity index (χ2n) is 14.9. The fourth-order valence-corrected chi connectivity index (χ4v) is 9.70. The second kappa shape index (κ2) is 11.0. The molecule has 8 aromatic rings. The molecule has 1 heteroatoms. The molecule has 0 N–H and O–H groups in total. The Morgan fingerprint density at radius 2 is 0.906 bits per heavy atom. The van der Waals surface area contributed by atoms with Gasteiger partial charge < -0.3 is 4.90 Å². The number of benzene rings is 8. The topological polar surface area (TPSA) is 3.24 Å². The smallest absolute Gasteiger partial charge is 0.0726 e. The third-order valence-electron chi connectivity index (χ3n) is 12.0. The summed E-state index contributed by atoms with van der Waals surface area (Å²) >= 11 is 0. The number of hydrogen-bond donors (Lipinski definition) is 0. The standard InChI is InChI=1S/C52H37N/c1-51(2)43-21-10-6-17-38(43)41-32-31-37(33-48(41)51)53(36-29-27-35(28-30-36)34-15-4-3-5-16-34)49-26-14-25-47-50(49)42-20-9-13-24-46(42)52(47)44-22-11-7-18-39(44)40-19-8-12-23-45(40)52/h3-33H,1-2H3/i27D,28D,29D,30D. The van der Waals surface area contributed by atoms with Crippen molar-refractivity contribution >= 4 is 17.1 Å². The van der Waals surface area contributed by atoms with Crippen molar-refractivity contribution in [2.45, 2.75) is 24.7 Å². The Labute approximate surface area is 317 Å². The molecule has 0 heterocycles. The zero-order chi connectivity index (χ0) is 38.8. The molecule has 0 fully saturated rings. The van der Waals surface area contributed by atoms with E-state index in [4.69, 9.17) is 0 Å². The van der Waals surface area contributed by atoms with Gasteiger partial charge in [-0.3, -0.25) is 0 Å². The summed E-state index contributed by atoms with van der Waals surface area (Å²) < 4.78 is 38.4. The van der Waals surface area contributed by atoms with Gasteiger partial charge in [-0.2, -0.15) is 0 Å². The molecule has 1 spiro atoms. The lowest BCUT2D eigenvalue weighted by Gasteiger charge is -2.32. The lowest BCUT2D eigenvalue weighted by atomic mass is 9.70. The van der Waals surface area contributed by atoms with Crippen molar-refractivity contribution in [2.24, 2.45) is 0 Å². The molecule has 0 unspecified atom stereocenters. The van der Waals surface area contributed by atoms with Gasteiger partial charge in [0.2, 0.25) is 0 Å². The zero-order valence-electron chi connectivity index (χ0n) is 33.5. The van der Waals surface area contributed by atoms with E-state index in [-0.39, 0.29) is 35.3 Å². The largest absolute Gasteiger partial charge is 0.310 e. The van der Waals surface area contributed by atoms with Crippen LogP contribution < -0.4 is 4.90 Å². The van der Waals surface area contributed by atoms with Gasteiger partial charge in [0.05, 0.1) is 16.6 Å². The Kier molecular flexibility index (Phi) is 5.48. The first-order valence-corrected chi connectivity index (χ1v) is 18.4. The van der Waals surface area contributed by atoms with Crippen LogP contribution in [0.15, 0.2) is 188 Å². The summed E-state index contributed by atoms with van der Waals surface area (Å²) in [5.74, 6) is 0. The van der Waals surface area contributed by atoms with Crippen LogP contribution in [0, 0.1) is 0 Å². The van der Waals surface area contributed by atoms with Gasteiger partial charge in [-0.15, -0.1) is 0 Å². The lowest BCUT2D eigenvalue weighted by Crippen LogP contribution is -2.26. The highest BCUT2D eigenvalue weighted by Gasteiger charge is 2.52. The third-order valence-corrected chi connectivity index (χ3v) is 12.0. The highest BCUT2D eigenvalue weighted by molar-refractivity contribution is 6.01. The molecular weight excluding hydrogens is 639 g/mol. The summed E-state index contributed by atoms with van der Waals surface area (Å²) in [6.45, 7) is 4.51. The molecule has 0 amide bonds. The molecule has 0 bridgehead atoms. The maximum Gasteiger partial charge on any atom is 0.0726 e. The van der Waals surface area contributed by atoms with E-state index in [0.29, 0.717) is 11.1 Å². The van der Waals surface area contributed by atoms with Crippen molar-refractivity contribution in [2.75, 3.05) is 4.90 Å². The van der Waals surface area contributed by atoms with Gasteiger partial charge in [0, 0.05) is 22.4 Å². The lowest BCUT2D eigenvalue weighted by molar-refractivity contribution is 0.660. The van der Waals surface area contributed by atoms with Crippen molar-refractivity contribution in [3.63, 3.8) is 0 Å². The van der Waals surface area contributed by atoms with Gasteiger partial charge >= 0.3 is 0 Å². The van der Waals surface area contributed by atoms with Crippen LogP contribution in [0.2, 0.25) is 0 Å². The minimum atomic E-state index is -0.589. The van der Waals surface area contributed by atoms with Gasteiger partial charge in [0.25, 0.3) is 0 Å². The van der Waals surface area contributed by atoms with E-state index in [2.05, 4.69) is 147 Å². The molecule has 0 atom stereocenters. The van der Waals surface area contributed by atoms with E-state index >= 15 is 0 Å². The predicted molar refractivity (Wildman–Crippen MR) is 220 cm³/mol. The summed E-state index contributed by atoms with van der Waals surface area (Å²) in [4.78, 5) is 2.01. The normalized spacial score (nSPS) is 15.6. The van der Waals surface area contributed by atoms with E-state index in [0.717, 1.165) is 33.6 Å². The van der Waals surface area contributed by atoms with Crippen LogP contribution in [0.3, 0.4) is 0 Å². The Hall–Kier alpha value is -6.44. The Morgan fingerprint density at radius 1 is 0.396 bits per heavy atom. The average Bonchev–Trinajstić information content (AvgIpc) is 3.81. The van der Waals surface area contributed by atoms with E-state index in [1.54, 1.807) is 0 Å². The predicted octanol–water partition coefficient (Wildman–Crippen LogP) is 13.5. The number of anilines is 3. The molecule has 53 heavy (non-hydrogen) atoms. The van der Waals surface area contributed by atoms with E-state index in [1.165, 1.54) is 44.5 Å². The molecule has 3 aliphatic carbocycles. The highest BCUT2D eigenvalue weighted by Crippen LogP contribution is 2.64. The molecule has 1 nitrogen and oxygen atoms in total. The third kappa shape index (κ3) is 4.02. The quantitative estimate of drug-likeness (QED) is 0.179. The first kappa shape index (κ1) is 26.4. The van der Waals surface area contributed by atoms with Gasteiger partial charge in [0.1, 0.15) is 0 Å². The molecule has 250 valence electrons. The number of fused-ring (bicyclic) bond motifs is 13. The first-order valence-electron chi connectivity index (χ1n) is 20.4. The Balaban J connectivity index is 1.24. The van der Waals surface area contributed by atoms with E-state index in [9.17, 15) is 5.48 Å². The van der Waals surface area contributed by atoms with Crippen LogP contribution in [0.1, 0.15) is 52.7 Å². The maximum atomic E-state index is 9.75. The molecule has 8 aromatic carbocycles. The van der Waals surface area contributed by atoms with Crippen molar-refractivity contribution in [1.29, 1.82) is 0 Å². The molecule has 0 saturated heterocycles.